The fourth-order valence-electron chi connectivity index (χ4n) is 2.27. The molecule has 4 heteroatoms. The van der Waals surface area contributed by atoms with Crippen molar-refractivity contribution < 1.29 is 9.53 Å². The molecule has 4 nitrogen and oxygen atoms in total. The second kappa shape index (κ2) is 7.42. The SMILES string of the molecule is Cc1ccc(/C=N\NC(=O)COc2ccc3ccccc3c2)cc1. The number of hydrazone groups is 1. The first kappa shape index (κ1) is 15.7. The molecule has 24 heavy (non-hydrogen) atoms. The van der Waals surface area contributed by atoms with Crippen molar-refractivity contribution in [3.05, 3.63) is 77.9 Å². The van der Waals surface area contributed by atoms with E-state index in [2.05, 4.69) is 10.5 Å². The van der Waals surface area contributed by atoms with Crippen LogP contribution in [0.4, 0.5) is 0 Å². The molecule has 0 aromatic heterocycles. The van der Waals surface area contributed by atoms with Crippen LogP contribution in [0, 0.1) is 6.92 Å². The Morgan fingerprint density at radius 2 is 1.79 bits per heavy atom. The molecule has 0 radical (unpaired) electrons. The first-order valence-corrected chi connectivity index (χ1v) is 7.71. The van der Waals surface area contributed by atoms with Gasteiger partial charge in [-0.15, -0.1) is 0 Å². The maximum atomic E-state index is 11.8. The highest BCUT2D eigenvalue weighted by Gasteiger charge is 2.02. The molecule has 0 fully saturated rings. The molecule has 120 valence electrons. The Hall–Kier alpha value is -3.14. The molecule has 3 rings (SSSR count). The number of ether oxygens (including phenoxy) is 1. The van der Waals surface area contributed by atoms with E-state index in [-0.39, 0.29) is 12.5 Å². The van der Waals surface area contributed by atoms with E-state index >= 15 is 0 Å². The highest BCUT2D eigenvalue weighted by Crippen LogP contribution is 2.20. The number of hydrogen-bond acceptors (Lipinski definition) is 3. The highest BCUT2D eigenvalue weighted by atomic mass is 16.5. The van der Waals surface area contributed by atoms with Crippen LogP contribution in [-0.4, -0.2) is 18.7 Å². The van der Waals surface area contributed by atoms with E-state index < -0.39 is 0 Å². The molecule has 0 aliphatic carbocycles. The summed E-state index contributed by atoms with van der Waals surface area (Å²) in [4.78, 5) is 11.8. The maximum Gasteiger partial charge on any atom is 0.277 e. The predicted octanol–water partition coefficient (Wildman–Crippen LogP) is 3.68. The van der Waals surface area contributed by atoms with E-state index in [4.69, 9.17) is 4.74 Å². The summed E-state index contributed by atoms with van der Waals surface area (Å²) in [6, 6.07) is 21.6. The van der Waals surface area contributed by atoms with Crippen molar-refractivity contribution in [2.24, 2.45) is 5.10 Å². The van der Waals surface area contributed by atoms with Crippen LogP contribution in [0.25, 0.3) is 10.8 Å². The number of carbonyl (C=O) groups excluding carboxylic acids is 1. The van der Waals surface area contributed by atoms with Gasteiger partial charge in [-0.2, -0.15) is 5.10 Å². The van der Waals surface area contributed by atoms with Crippen molar-refractivity contribution in [2.45, 2.75) is 6.92 Å². The van der Waals surface area contributed by atoms with Gasteiger partial charge in [0.1, 0.15) is 5.75 Å². The van der Waals surface area contributed by atoms with Crippen molar-refractivity contribution >= 4 is 22.9 Å². The predicted molar refractivity (Wildman–Crippen MR) is 96.4 cm³/mol. The lowest BCUT2D eigenvalue weighted by molar-refractivity contribution is -0.123. The summed E-state index contributed by atoms with van der Waals surface area (Å²) in [5.74, 6) is 0.359. The van der Waals surface area contributed by atoms with Gasteiger partial charge in [-0.1, -0.05) is 60.2 Å². The lowest BCUT2D eigenvalue weighted by Gasteiger charge is -2.06. The Labute approximate surface area is 140 Å². The summed E-state index contributed by atoms with van der Waals surface area (Å²) < 4.78 is 5.51. The minimum atomic E-state index is -0.300. The summed E-state index contributed by atoms with van der Waals surface area (Å²) in [5, 5.41) is 6.14. The van der Waals surface area contributed by atoms with Crippen LogP contribution in [0.1, 0.15) is 11.1 Å². The summed E-state index contributed by atoms with van der Waals surface area (Å²) in [7, 11) is 0. The largest absolute Gasteiger partial charge is 0.484 e. The smallest absolute Gasteiger partial charge is 0.277 e. The van der Waals surface area contributed by atoms with Crippen LogP contribution in [0.3, 0.4) is 0 Å². The molecular weight excluding hydrogens is 300 g/mol. The molecule has 0 unspecified atom stereocenters. The molecule has 0 atom stereocenters. The normalized spacial score (nSPS) is 10.9. The van der Waals surface area contributed by atoms with Gasteiger partial charge in [-0.05, 0) is 35.4 Å². The van der Waals surface area contributed by atoms with Crippen molar-refractivity contribution in [1.82, 2.24) is 5.43 Å². The molecule has 0 heterocycles. The lowest BCUT2D eigenvalue weighted by Crippen LogP contribution is -2.24. The number of rotatable bonds is 5. The molecule has 0 aliphatic heterocycles. The van der Waals surface area contributed by atoms with Crippen LogP contribution >= 0.6 is 0 Å². The molecule has 0 bridgehead atoms. The van der Waals surface area contributed by atoms with Crippen LogP contribution in [-0.2, 0) is 4.79 Å². The molecule has 3 aromatic carbocycles. The topological polar surface area (TPSA) is 50.7 Å². The molecule has 0 aliphatic rings. The van der Waals surface area contributed by atoms with Crippen LogP contribution in [0.2, 0.25) is 0 Å². The van der Waals surface area contributed by atoms with Crippen molar-refractivity contribution in [1.29, 1.82) is 0 Å². The monoisotopic (exact) mass is 318 g/mol. The molecule has 1 amide bonds. The van der Waals surface area contributed by atoms with E-state index in [0.29, 0.717) is 5.75 Å². The Balaban J connectivity index is 1.52. The second-order valence-electron chi connectivity index (χ2n) is 5.50. The van der Waals surface area contributed by atoms with Crippen LogP contribution in [0.5, 0.6) is 5.75 Å². The quantitative estimate of drug-likeness (QED) is 0.576. The molecule has 0 saturated carbocycles. The zero-order chi connectivity index (χ0) is 16.8. The molecule has 0 saturated heterocycles. The number of amides is 1. The van der Waals surface area contributed by atoms with Crippen molar-refractivity contribution in [2.75, 3.05) is 6.61 Å². The number of benzene rings is 3. The first-order valence-electron chi connectivity index (χ1n) is 7.71. The zero-order valence-electron chi connectivity index (χ0n) is 13.4. The number of nitrogens with one attached hydrogen (secondary N) is 1. The summed E-state index contributed by atoms with van der Waals surface area (Å²) in [6.45, 7) is 1.94. The third-order valence-electron chi connectivity index (χ3n) is 3.57. The minimum absolute atomic E-state index is 0.0798. The Kier molecular flexibility index (Phi) is 4.87. The molecule has 3 aromatic rings. The minimum Gasteiger partial charge on any atom is -0.484 e. The van der Waals surface area contributed by atoms with Crippen molar-refractivity contribution in [3.8, 4) is 5.75 Å². The summed E-state index contributed by atoms with van der Waals surface area (Å²) in [5.41, 5.74) is 4.57. The summed E-state index contributed by atoms with van der Waals surface area (Å²) >= 11 is 0. The van der Waals surface area contributed by atoms with Gasteiger partial charge in [-0.25, -0.2) is 5.43 Å². The van der Waals surface area contributed by atoms with Crippen molar-refractivity contribution in [3.63, 3.8) is 0 Å². The van der Waals surface area contributed by atoms with Gasteiger partial charge in [0.05, 0.1) is 6.21 Å². The van der Waals surface area contributed by atoms with Crippen LogP contribution in [0.15, 0.2) is 71.8 Å². The first-order chi connectivity index (χ1) is 11.7. The average molecular weight is 318 g/mol. The number of fused-ring (bicyclic) bond motifs is 1. The third-order valence-corrected chi connectivity index (χ3v) is 3.57. The summed E-state index contributed by atoms with van der Waals surface area (Å²) in [6.07, 6.45) is 1.60. The lowest BCUT2D eigenvalue weighted by atomic mass is 10.1. The van der Waals surface area contributed by atoms with Gasteiger partial charge >= 0.3 is 0 Å². The molecule has 0 spiro atoms. The van der Waals surface area contributed by atoms with Gasteiger partial charge in [-0.3, -0.25) is 4.79 Å². The van der Waals surface area contributed by atoms with E-state index in [1.54, 1.807) is 6.21 Å². The third kappa shape index (κ3) is 4.20. The van der Waals surface area contributed by atoms with Gasteiger partial charge in [0.25, 0.3) is 5.91 Å². The average Bonchev–Trinajstić information content (AvgIpc) is 2.61. The fraction of sp³-hybridized carbons (Fsp3) is 0.100. The number of nitrogens with zero attached hydrogens (tertiary/aromatic N) is 1. The van der Waals surface area contributed by atoms with Gasteiger partial charge in [0.15, 0.2) is 6.61 Å². The van der Waals surface area contributed by atoms with E-state index in [9.17, 15) is 4.79 Å². The molecular formula is C20H18N2O2. The van der Waals surface area contributed by atoms with Gasteiger partial charge < -0.3 is 4.74 Å². The van der Waals surface area contributed by atoms with E-state index in [1.165, 1.54) is 5.56 Å². The number of hydrogen-bond donors (Lipinski definition) is 1. The Bertz CT molecular complexity index is 870. The maximum absolute atomic E-state index is 11.8. The number of aryl methyl sites for hydroxylation is 1. The van der Waals surface area contributed by atoms with E-state index in [1.807, 2.05) is 73.7 Å². The zero-order valence-corrected chi connectivity index (χ0v) is 13.4. The molecule has 1 N–H and O–H groups in total. The van der Waals surface area contributed by atoms with Gasteiger partial charge in [0.2, 0.25) is 0 Å². The standard InChI is InChI=1S/C20H18N2O2/c1-15-6-8-16(9-7-15)13-21-22-20(23)14-24-19-11-10-17-4-2-3-5-18(17)12-19/h2-13H,14H2,1H3,(H,22,23)/b21-13-. The highest BCUT2D eigenvalue weighted by molar-refractivity contribution is 5.84. The Morgan fingerprint density at radius 3 is 2.58 bits per heavy atom. The Morgan fingerprint density at radius 1 is 1.04 bits per heavy atom. The van der Waals surface area contributed by atoms with E-state index in [0.717, 1.165) is 16.3 Å². The van der Waals surface area contributed by atoms with Gasteiger partial charge in [0, 0.05) is 0 Å². The number of carbonyl (C=O) groups is 1. The second-order valence-corrected chi connectivity index (χ2v) is 5.50. The van der Waals surface area contributed by atoms with Crippen LogP contribution < -0.4 is 10.2 Å². The fourth-order valence-corrected chi connectivity index (χ4v) is 2.27.